The minimum absolute atomic E-state index is 0.126. The lowest BCUT2D eigenvalue weighted by Gasteiger charge is -2.15. The highest BCUT2D eigenvalue weighted by Crippen LogP contribution is 2.33. The van der Waals surface area contributed by atoms with Gasteiger partial charge in [0.05, 0.1) is 6.42 Å². The van der Waals surface area contributed by atoms with Gasteiger partial charge >= 0.3 is 12.1 Å². The highest BCUT2D eigenvalue weighted by atomic mass is 32.2. The smallest absolute Gasteiger partial charge is 0.412 e. The number of aliphatic carboxylic acids is 1. The van der Waals surface area contributed by atoms with Crippen LogP contribution < -0.4 is 5.32 Å². The van der Waals surface area contributed by atoms with Crippen LogP contribution >= 0.6 is 11.8 Å². The number of nitrogens with one attached hydrogen (secondary N) is 1. The average Bonchev–Trinajstić information content (AvgIpc) is 3.19. The number of hydrogen-bond acceptors (Lipinski definition) is 6. The second kappa shape index (κ2) is 11.5. The van der Waals surface area contributed by atoms with Crippen LogP contribution in [0.15, 0.2) is 53.1 Å². The van der Waals surface area contributed by atoms with Crippen LogP contribution in [-0.4, -0.2) is 28.1 Å². The molecule has 1 unspecified atom stereocenters. The molecule has 2 N–H and O–H groups in total. The average molecular weight is 473 g/mol. The van der Waals surface area contributed by atoms with Crippen LogP contribution in [0.5, 0.6) is 0 Å². The van der Waals surface area contributed by atoms with E-state index < -0.39 is 24.0 Å². The zero-order valence-corrected chi connectivity index (χ0v) is 19.2. The van der Waals surface area contributed by atoms with Crippen LogP contribution in [0.1, 0.15) is 43.2 Å². The molecule has 1 heterocycles. The molecule has 0 saturated carbocycles. The lowest BCUT2D eigenvalue weighted by Crippen LogP contribution is -2.17. The lowest BCUT2D eigenvalue weighted by atomic mass is 10.1. The molecule has 2 aromatic carbocycles. The fourth-order valence-electron chi connectivity index (χ4n) is 3.15. The Labute approximate surface area is 195 Å². The van der Waals surface area contributed by atoms with Crippen molar-refractivity contribution in [3.05, 3.63) is 71.2 Å². The number of hydrogen-bond donors (Lipinski definition) is 2. The number of nitrogens with zero attached hydrogens (tertiary/aromatic N) is 1. The summed E-state index contributed by atoms with van der Waals surface area (Å²) in [5, 5.41) is 15.5. The van der Waals surface area contributed by atoms with Gasteiger partial charge in [-0.2, -0.15) is 11.8 Å². The summed E-state index contributed by atoms with van der Waals surface area (Å²) in [6, 6.07) is 13.7. The van der Waals surface area contributed by atoms with Crippen molar-refractivity contribution in [3.63, 3.8) is 0 Å². The molecule has 0 aliphatic carbocycles. The minimum atomic E-state index is -0.809. The molecule has 0 fully saturated rings. The van der Waals surface area contributed by atoms with E-state index in [9.17, 15) is 14.0 Å². The molecule has 9 heteroatoms. The van der Waals surface area contributed by atoms with Crippen LogP contribution in [0.25, 0.3) is 11.3 Å². The first-order valence-corrected chi connectivity index (χ1v) is 11.6. The molecule has 33 heavy (non-hydrogen) atoms. The molecule has 174 valence electrons. The molecule has 1 atom stereocenters. The molecule has 0 aliphatic heterocycles. The Morgan fingerprint density at radius 1 is 1.21 bits per heavy atom. The van der Waals surface area contributed by atoms with Crippen LogP contribution in [0.4, 0.5) is 14.9 Å². The number of amides is 1. The Bertz CT molecular complexity index is 1100. The van der Waals surface area contributed by atoms with Gasteiger partial charge in [0.15, 0.2) is 5.76 Å². The Morgan fingerprint density at radius 3 is 2.61 bits per heavy atom. The zero-order valence-electron chi connectivity index (χ0n) is 18.3. The normalized spacial score (nSPS) is 11.7. The van der Waals surface area contributed by atoms with Crippen LogP contribution in [-0.2, 0) is 21.7 Å². The zero-order chi connectivity index (χ0) is 23.8. The van der Waals surface area contributed by atoms with E-state index in [4.69, 9.17) is 14.4 Å². The largest absolute Gasteiger partial charge is 0.481 e. The van der Waals surface area contributed by atoms with E-state index in [1.165, 1.54) is 6.07 Å². The third-order valence-corrected chi connectivity index (χ3v) is 5.93. The molecule has 0 aliphatic rings. The number of anilines is 1. The Kier molecular flexibility index (Phi) is 8.48. The van der Waals surface area contributed by atoms with Crippen molar-refractivity contribution in [3.8, 4) is 11.3 Å². The Morgan fingerprint density at radius 2 is 1.94 bits per heavy atom. The minimum Gasteiger partial charge on any atom is -0.481 e. The third kappa shape index (κ3) is 6.58. The van der Waals surface area contributed by atoms with E-state index in [0.29, 0.717) is 35.1 Å². The molecule has 0 radical (unpaired) electrons. The van der Waals surface area contributed by atoms with E-state index in [0.717, 1.165) is 11.1 Å². The topological polar surface area (TPSA) is 102 Å². The summed E-state index contributed by atoms with van der Waals surface area (Å²) in [6.45, 7) is 3.48. The number of carboxylic acids is 1. The molecule has 3 aromatic rings. The number of carbonyl (C=O) groups excluding carboxylic acids is 1. The van der Waals surface area contributed by atoms with Crippen LogP contribution in [0.2, 0.25) is 0 Å². The van der Waals surface area contributed by atoms with Gasteiger partial charge in [0.1, 0.15) is 23.3 Å². The van der Waals surface area contributed by atoms with Gasteiger partial charge in [-0.05, 0) is 25.0 Å². The van der Waals surface area contributed by atoms with Gasteiger partial charge in [0, 0.05) is 22.6 Å². The second-order valence-corrected chi connectivity index (χ2v) is 8.38. The standard InChI is InChI=1S/C24H25FN2O5S/c1-3-20-22(26-24(30)31-15(2)18-6-4-5-7-19(18)25)23(32-27-20)17-10-8-16(9-11-17)14-33-13-12-21(28)29/h4-11,15H,3,12-14H2,1-2H3,(H,26,30)(H,28,29). The molecule has 7 nitrogen and oxygen atoms in total. The number of thioether (sulfide) groups is 1. The van der Waals surface area contributed by atoms with Crippen molar-refractivity contribution >= 4 is 29.5 Å². The number of ether oxygens (including phenoxy) is 1. The molecule has 1 amide bonds. The molecule has 0 saturated heterocycles. The number of rotatable bonds is 10. The maximum atomic E-state index is 14.0. The number of aromatic nitrogens is 1. The summed E-state index contributed by atoms with van der Waals surface area (Å²) < 4.78 is 24.8. The van der Waals surface area contributed by atoms with Crippen molar-refractivity contribution in [1.82, 2.24) is 5.16 Å². The summed E-state index contributed by atoms with van der Waals surface area (Å²) in [4.78, 5) is 23.1. The summed E-state index contributed by atoms with van der Waals surface area (Å²) in [5.41, 5.74) is 3.02. The van der Waals surface area contributed by atoms with Gasteiger partial charge in [-0.15, -0.1) is 0 Å². The SMILES string of the molecule is CCc1noc(-c2ccc(CSCCC(=O)O)cc2)c1NC(=O)OC(C)c1ccccc1F. The molecule has 0 bridgehead atoms. The van der Waals surface area contributed by atoms with Crippen molar-refractivity contribution in [2.45, 2.75) is 38.5 Å². The lowest BCUT2D eigenvalue weighted by molar-refractivity contribution is -0.136. The summed E-state index contributed by atoms with van der Waals surface area (Å²) in [5.74, 6) is 0.374. The highest BCUT2D eigenvalue weighted by Gasteiger charge is 2.22. The van der Waals surface area contributed by atoms with Gasteiger partial charge < -0.3 is 14.4 Å². The first-order valence-electron chi connectivity index (χ1n) is 10.5. The number of carbonyl (C=O) groups is 2. The maximum Gasteiger partial charge on any atom is 0.412 e. The van der Waals surface area contributed by atoms with E-state index >= 15 is 0 Å². The van der Waals surface area contributed by atoms with E-state index in [1.54, 1.807) is 36.9 Å². The maximum absolute atomic E-state index is 14.0. The molecule has 3 rings (SSSR count). The summed E-state index contributed by atoms with van der Waals surface area (Å²) in [6.07, 6.45) is -0.865. The molecular formula is C24H25FN2O5S. The van der Waals surface area contributed by atoms with Gasteiger partial charge in [0.2, 0.25) is 0 Å². The monoisotopic (exact) mass is 472 g/mol. The summed E-state index contributed by atoms with van der Waals surface area (Å²) >= 11 is 1.54. The van der Waals surface area contributed by atoms with Crippen molar-refractivity contribution in [2.24, 2.45) is 0 Å². The van der Waals surface area contributed by atoms with Crippen LogP contribution in [0.3, 0.4) is 0 Å². The van der Waals surface area contributed by atoms with Crippen LogP contribution in [0, 0.1) is 5.82 Å². The molecule has 1 aromatic heterocycles. The number of carboxylic acid groups (broad SMARTS) is 1. The van der Waals surface area contributed by atoms with E-state index in [1.807, 2.05) is 31.2 Å². The Balaban J connectivity index is 1.69. The predicted molar refractivity (Wildman–Crippen MR) is 125 cm³/mol. The van der Waals surface area contributed by atoms with Crippen molar-refractivity contribution < 1.29 is 28.3 Å². The molecular weight excluding hydrogens is 447 g/mol. The second-order valence-electron chi connectivity index (χ2n) is 7.27. The van der Waals surface area contributed by atoms with E-state index in [-0.39, 0.29) is 12.0 Å². The first kappa shape index (κ1) is 24.3. The number of benzene rings is 2. The molecule has 0 spiro atoms. The van der Waals surface area contributed by atoms with Gasteiger partial charge in [-0.25, -0.2) is 9.18 Å². The number of aryl methyl sites for hydroxylation is 1. The first-order chi connectivity index (χ1) is 15.9. The summed E-state index contributed by atoms with van der Waals surface area (Å²) in [7, 11) is 0. The van der Waals surface area contributed by atoms with Crippen molar-refractivity contribution in [2.75, 3.05) is 11.1 Å². The fourth-order valence-corrected chi connectivity index (χ4v) is 4.04. The van der Waals surface area contributed by atoms with Gasteiger partial charge in [0.25, 0.3) is 0 Å². The Hall–Kier alpha value is -3.33. The van der Waals surface area contributed by atoms with Gasteiger partial charge in [-0.1, -0.05) is 54.5 Å². The highest BCUT2D eigenvalue weighted by molar-refractivity contribution is 7.98. The predicted octanol–water partition coefficient (Wildman–Crippen LogP) is 6.06. The quantitative estimate of drug-likeness (QED) is 0.346. The number of halogens is 1. The van der Waals surface area contributed by atoms with E-state index in [2.05, 4.69) is 10.5 Å². The van der Waals surface area contributed by atoms with Crippen molar-refractivity contribution in [1.29, 1.82) is 0 Å². The van der Waals surface area contributed by atoms with Gasteiger partial charge in [-0.3, -0.25) is 10.1 Å². The third-order valence-electron chi connectivity index (χ3n) is 4.90. The fraction of sp³-hybridized carbons (Fsp3) is 0.292.